The van der Waals surface area contributed by atoms with Gasteiger partial charge >= 0.3 is 0 Å². The molecule has 3 rings (SSSR count). The van der Waals surface area contributed by atoms with Gasteiger partial charge in [-0.1, -0.05) is 23.2 Å². The Morgan fingerprint density at radius 3 is 2.58 bits per heavy atom. The molecule has 0 fully saturated rings. The SMILES string of the molecule is O=C(NCc1ccncc1)c1csc(NC(=O)c2ccc(Cl)cc2Cl)n1. The van der Waals surface area contributed by atoms with Crippen LogP contribution < -0.4 is 10.6 Å². The summed E-state index contributed by atoms with van der Waals surface area (Å²) in [6.45, 7) is 0.362. The van der Waals surface area contributed by atoms with E-state index < -0.39 is 5.91 Å². The van der Waals surface area contributed by atoms with E-state index in [0.29, 0.717) is 16.7 Å². The molecule has 26 heavy (non-hydrogen) atoms. The number of thiazole rings is 1. The Morgan fingerprint density at radius 2 is 1.85 bits per heavy atom. The van der Waals surface area contributed by atoms with Crippen molar-refractivity contribution in [2.45, 2.75) is 6.54 Å². The van der Waals surface area contributed by atoms with E-state index in [-0.39, 0.29) is 22.2 Å². The van der Waals surface area contributed by atoms with Crippen LogP contribution in [-0.2, 0) is 6.54 Å². The molecule has 1 aromatic carbocycles. The summed E-state index contributed by atoms with van der Waals surface area (Å²) in [5.74, 6) is -0.757. The van der Waals surface area contributed by atoms with E-state index in [9.17, 15) is 9.59 Å². The van der Waals surface area contributed by atoms with Crippen molar-refractivity contribution < 1.29 is 9.59 Å². The molecule has 0 radical (unpaired) electrons. The van der Waals surface area contributed by atoms with Crippen LogP contribution in [0, 0.1) is 0 Å². The van der Waals surface area contributed by atoms with Gasteiger partial charge in [0.15, 0.2) is 5.13 Å². The van der Waals surface area contributed by atoms with Crippen molar-refractivity contribution in [1.29, 1.82) is 0 Å². The molecule has 0 unspecified atom stereocenters. The zero-order valence-electron chi connectivity index (χ0n) is 13.2. The van der Waals surface area contributed by atoms with Gasteiger partial charge in [-0.15, -0.1) is 11.3 Å². The smallest absolute Gasteiger partial charge is 0.271 e. The van der Waals surface area contributed by atoms with Gasteiger partial charge in [0.25, 0.3) is 11.8 Å². The zero-order chi connectivity index (χ0) is 18.5. The Kier molecular flexibility index (Phi) is 5.82. The second-order valence-electron chi connectivity index (χ2n) is 5.15. The van der Waals surface area contributed by atoms with Crippen LogP contribution in [0.1, 0.15) is 26.4 Å². The number of aromatic nitrogens is 2. The van der Waals surface area contributed by atoms with E-state index in [4.69, 9.17) is 23.2 Å². The highest BCUT2D eigenvalue weighted by molar-refractivity contribution is 7.14. The third-order valence-electron chi connectivity index (χ3n) is 3.34. The standard InChI is InChI=1S/C17H12Cl2N4O2S/c18-11-1-2-12(13(19)7-11)15(24)23-17-22-14(9-26-17)16(25)21-8-10-3-5-20-6-4-10/h1-7,9H,8H2,(H,21,25)(H,22,23,24). The largest absolute Gasteiger partial charge is 0.347 e. The molecule has 2 aromatic heterocycles. The first-order valence-electron chi connectivity index (χ1n) is 7.42. The quantitative estimate of drug-likeness (QED) is 0.669. The van der Waals surface area contributed by atoms with Crippen LogP contribution in [0.2, 0.25) is 10.0 Å². The van der Waals surface area contributed by atoms with Crippen LogP contribution in [0.15, 0.2) is 48.1 Å². The Balaban J connectivity index is 1.62. The van der Waals surface area contributed by atoms with E-state index in [1.807, 2.05) is 12.1 Å². The van der Waals surface area contributed by atoms with Crippen molar-refractivity contribution in [3.05, 3.63) is 75.0 Å². The van der Waals surface area contributed by atoms with E-state index in [1.54, 1.807) is 23.8 Å². The van der Waals surface area contributed by atoms with Gasteiger partial charge in [-0.3, -0.25) is 19.9 Å². The van der Waals surface area contributed by atoms with Crippen molar-refractivity contribution in [2.24, 2.45) is 0 Å². The lowest BCUT2D eigenvalue weighted by Gasteiger charge is -2.04. The number of rotatable bonds is 5. The van der Waals surface area contributed by atoms with Gasteiger partial charge in [0.05, 0.1) is 10.6 Å². The molecule has 2 heterocycles. The maximum Gasteiger partial charge on any atom is 0.271 e. The number of nitrogens with zero attached hydrogens (tertiary/aromatic N) is 2. The Morgan fingerprint density at radius 1 is 1.08 bits per heavy atom. The molecule has 2 N–H and O–H groups in total. The van der Waals surface area contributed by atoms with Gasteiger partial charge in [0, 0.05) is 29.3 Å². The third-order valence-corrected chi connectivity index (χ3v) is 4.64. The molecular weight excluding hydrogens is 395 g/mol. The van der Waals surface area contributed by atoms with Gasteiger partial charge < -0.3 is 5.32 Å². The monoisotopic (exact) mass is 406 g/mol. The maximum atomic E-state index is 12.3. The number of pyridine rings is 1. The van der Waals surface area contributed by atoms with Crippen molar-refractivity contribution >= 4 is 51.5 Å². The number of anilines is 1. The molecule has 0 aliphatic rings. The summed E-state index contributed by atoms with van der Waals surface area (Å²) in [6.07, 6.45) is 3.31. The highest BCUT2D eigenvalue weighted by Gasteiger charge is 2.15. The van der Waals surface area contributed by atoms with Crippen LogP contribution in [0.3, 0.4) is 0 Å². The second kappa shape index (κ2) is 8.27. The number of nitrogens with one attached hydrogen (secondary N) is 2. The number of carbonyl (C=O) groups excluding carboxylic acids is 2. The number of benzene rings is 1. The molecule has 132 valence electrons. The average molecular weight is 407 g/mol. The molecule has 0 saturated carbocycles. The van der Waals surface area contributed by atoms with Crippen molar-refractivity contribution in [2.75, 3.05) is 5.32 Å². The maximum absolute atomic E-state index is 12.3. The van der Waals surface area contributed by atoms with Crippen molar-refractivity contribution in [1.82, 2.24) is 15.3 Å². The lowest BCUT2D eigenvalue weighted by atomic mass is 10.2. The molecule has 3 aromatic rings. The fraction of sp³-hybridized carbons (Fsp3) is 0.0588. The third kappa shape index (κ3) is 4.57. The predicted octanol–water partition coefficient (Wildman–Crippen LogP) is 4.03. The normalized spacial score (nSPS) is 10.4. The topological polar surface area (TPSA) is 84.0 Å². The first-order chi connectivity index (χ1) is 12.5. The molecule has 0 spiro atoms. The van der Waals surface area contributed by atoms with Crippen LogP contribution in [-0.4, -0.2) is 21.8 Å². The molecule has 0 bridgehead atoms. The first-order valence-corrected chi connectivity index (χ1v) is 9.05. The summed E-state index contributed by atoms with van der Waals surface area (Å²) in [4.78, 5) is 32.5. The molecule has 0 aliphatic carbocycles. The number of hydrogen-bond donors (Lipinski definition) is 2. The fourth-order valence-corrected chi connectivity index (χ4v) is 3.23. The van der Waals surface area contributed by atoms with Gasteiger partial charge in [-0.2, -0.15) is 0 Å². The van der Waals surface area contributed by atoms with Crippen molar-refractivity contribution in [3.8, 4) is 0 Å². The lowest BCUT2D eigenvalue weighted by molar-refractivity contribution is 0.0945. The summed E-state index contributed by atoms with van der Waals surface area (Å²) in [5.41, 5.74) is 1.42. The number of halogens is 2. The Hall–Kier alpha value is -2.48. The first kappa shape index (κ1) is 18.3. The van der Waals surface area contributed by atoms with Crippen LogP contribution in [0.25, 0.3) is 0 Å². The minimum atomic E-state index is -0.426. The minimum absolute atomic E-state index is 0.224. The highest BCUT2D eigenvalue weighted by Crippen LogP contribution is 2.23. The summed E-state index contributed by atoms with van der Waals surface area (Å²) in [7, 11) is 0. The summed E-state index contributed by atoms with van der Waals surface area (Å²) >= 11 is 13.0. The molecular formula is C17H12Cl2N4O2S. The van der Waals surface area contributed by atoms with Gasteiger partial charge in [0.1, 0.15) is 5.69 Å². The Bertz CT molecular complexity index is 947. The van der Waals surface area contributed by atoms with E-state index in [2.05, 4.69) is 20.6 Å². The Labute approximate surface area is 163 Å². The predicted molar refractivity (Wildman–Crippen MR) is 102 cm³/mol. The zero-order valence-corrected chi connectivity index (χ0v) is 15.5. The average Bonchev–Trinajstić information content (AvgIpc) is 3.09. The van der Waals surface area contributed by atoms with E-state index in [0.717, 1.165) is 16.9 Å². The van der Waals surface area contributed by atoms with Gasteiger partial charge in [-0.25, -0.2) is 4.98 Å². The van der Waals surface area contributed by atoms with Crippen molar-refractivity contribution in [3.63, 3.8) is 0 Å². The summed E-state index contributed by atoms with van der Waals surface area (Å²) < 4.78 is 0. The molecule has 0 aliphatic heterocycles. The molecule has 6 nitrogen and oxygen atoms in total. The molecule has 0 saturated heterocycles. The summed E-state index contributed by atoms with van der Waals surface area (Å²) in [5, 5.41) is 7.93. The lowest BCUT2D eigenvalue weighted by Crippen LogP contribution is -2.23. The molecule has 9 heteroatoms. The highest BCUT2D eigenvalue weighted by atomic mass is 35.5. The van der Waals surface area contributed by atoms with Crippen LogP contribution >= 0.6 is 34.5 Å². The molecule has 2 amide bonds. The summed E-state index contributed by atoms with van der Waals surface area (Å²) in [6, 6.07) is 8.20. The second-order valence-corrected chi connectivity index (χ2v) is 6.86. The fourth-order valence-electron chi connectivity index (χ4n) is 2.05. The number of carbonyl (C=O) groups is 2. The van der Waals surface area contributed by atoms with E-state index >= 15 is 0 Å². The van der Waals surface area contributed by atoms with Gasteiger partial charge in [-0.05, 0) is 35.9 Å². The van der Waals surface area contributed by atoms with E-state index in [1.165, 1.54) is 12.1 Å². The number of amides is 2. The molecule has 0 atom stereocenters. The number of hydrogen-bond acceptors (Lipinski definition) is 5. The van der Waals surface area contributed by atoms with Crippen LogP contribution in [0.5, 0.6) is 0 Å². The minimum Gasteiger partial charge on any atom is -0.347 e. The van der Waals surface area contributed by atoms with Gasteiger partial charge in [0.2, 0.25) is 0 Å². The van der Waals surface area contributed by atoms with Crippen LogP contribution in [0.4, 0.5) is 5.13 Å².